The van der Waals surface area contributed by atoms with E-state index in [1.807, 2.05) is 38.1 Å². The van der Waals surface area contributed by atoms with Crippen LogP contribution in [0.15, 0.2) is 47.6 Å². The van der Waals surface area contributed by atoms with Crippen molar-refractivity contribution < 1.29 is 24.0 Å². The van der Waals surface area contributed by atoms with E-state index in [-0.39, 0.29) is 36.6 Å². The number of Topliss-reactive ketones (excluding diaryl/α,β-unsaturated/α-hetero) is 1. The minimum Gasteiger partial charge on any atom is -0.489 e. The van der Waals surface area contributed by atoms with Crippen molar-refractivity contribution in [2.75, 3.05) is 7.05 Å². The molecule has 0 bridgehead atoms. The average Bonchev–Trinajstić information content (AvgIpc) is 3.20. The van der Waals surface area contributed by atoms with E-state index in [1.54, 1.807) is 25.2 Å². The van der Waals surface area contributed by atoms with Crippen LogP contribution in [-0.2, 0) is 20.8 Å². The molecule has 1 N–H and O–H groups in total. The molecule has 3 rings (SSSR count). The number of rotatable bonds is 9. The Morgan fingerprint density at radius 3 is 2.47 bits per heavy atom. The zero-order valence-corrected chi connectivity index (χ0v) is 18.9. The molecule has 7 nitrogen and oxygen atoms in total. The van der Waals surface area contributed by atoms with E-state index in [9.17, 15) is 14.4 Å². The molecule has 1 atom stereocenters. The highest BCUT2D eigenvalue weighted by molar-refractivity contribution is 6.32. The smallest absolute Gasteiger partial charge is 0.341 e. The third-order valence-electron chi connectivity index (χ3n) is 5.00. The van der Waals surface area contributed by atoms with E-state index >= 15 is 0 Å². The highest BCUT2D eigenvalue weighted by Gasteiger charge is 2.24. The molecule has 0 saturated carbocycles. The molecular formula is C24H25ClN2O5. The zero-order chi connectivity index (χ0) is 23.3. The van der Waals surface area contributed by atoms with Crippen molar-refractivity contribution in [3.8, 4) is 5.75 Å². The van der Waals surface area contributed by atoms with Crippen LogP contribution in [0.1, 0.15) is 48.2 Å². The van der Waals surface area contributed by atoms with Gasteiger partial charge in [0, 0.05) is 24.9 Å². The molecule has 0 aromatic heterocycles. The summed E-state index contributed by atoms with van der Waals surface area (Å²) in [5.41, 5.74) is 2.67. The second-order valence-electron chi connectivity index (χ2n) is 7.83. The van der Waals surface area contributed by atoms with Crippen LogP contribution in [0, 0.1) is 5.92 Å². The molecule has 2 aromatic rings. The Morgan fingerprint density at radius 1 is 1.19 bits per heavy atom. The standard InChI is InChI=1S/C24H25ClN2O5/c1-14(2)31-22-9-8-17(11-19(22)25)21(28)12-18(24(30)26-3)10-15-4-6-16(7-5-15)20-13-23(29)32-27-20/h4-9,11,14,18H,10,12-13H2,1-3H3,(H,26,30)/t18-/m1/s1. The number of hydrogen-bond acceptors (Lipinski definition) is 6. The largest absolute Gasteiger partial charge is 0.489 e. The number of benzene rings is 2. The van der Waals surface area contributed by atoms with Crippen LogP contribution in [0.3, 0.4) is 0 Å². The third kappa shape index (κ3) is 5.95. The van der Waals surface area contributed by atoms with Crippen molar-refractivity contribution in [1.29, 1.82) is 0 Å². The van der Waals surface area contributed by atoms with Gasteiger partial charge in [0.2, 0.25) is 5.91 Å². The van der Waals surface area contributed by atoms with Gasteiger partial charge in [0.25, 0.3) is 0 Å². The van der Waals surface area contributed by atoms with Crippen LogP contribution in [0.4, 0.5) is 0 Å². The highest BCUT2D eigenvalue weighted by atomic mass is 35.5. The van der Waals surface area contributed by atoms with Crippen LogP contribution < -0.4 is 10.1 Å². The number of nitrogens with zero attached hydrogens (tertiary/aromatic N) is 1. The monoisotopic (exact) mass is 456 g/mol. The maximum Gasteiger partial charge on any atom is 0.341 e. The lowest BCUT2D eigenvalue weighted by Crippen LogP contribution is -2.30. The van der Waals surface area contributed by atoms with Gasteiger partial charge in [-0.15, -0.1) is 0 Å². The summed E-state index contributed by atoms with van der Waals surface area (Å²) in [4.78, 5) is 41.2. The van der Waals surface area contributed by atoms with Crippen LogP contribution >= 0.6 is 11.6 Å². The highest BCUT2D eigenvalue weighted by Crippen LogP contribution is 2.28. The molecule has 1 aliphatic heterocycles. The van der Waals surface area contributed by atoms with E-state index in [0.29, 0.717) is 28.5 Å². The van der Waals surface area contributed by atoms with Crippen molar-refractivity contribution in [3.05, 3.63) is 64.2 Å². The SMILES string of the molecule is CNC(=O)[C@@H](CC(=O)c1ccc(OC(C)C)c(Cl)c1)Cc1ccc(C2=NOC(=O)C2)cc1. The number of carbonyl (C=O) groups is 3. The number of ketones is 1. The van der Waals surface area contributed by atoms with Gasteiger partial charge in [0.05, 0.1) is 23.3 Å². The van der Waals surface area contributed by atoms with Gasteiger partial charge < -0.3 is 14.9 Å². The van der Waals surface area contributed by atoms with Crippen molar-refractivity contribution in [2.24, 2.45) is 11.1 Å². The molecule has 32 heavy (non-hydrogen) atoms. The van der Waals surface area contributed by atoms with Crippen LogP contribution in [0.2, 0.25) is 5.02 Å². The van der Waals surface area contributed by atoms with Gasteiger partial charge in [-0.3, -0.25) is 9.59 Å². The first-order chi connectivity index (χ1) is 15.3. The van der Waals surface area contributed by atoms with Gasteiger partial charge in [-0.1, -0.05) is 41.0 Å². The molecule has 0 fully saturated rings. The quantitative estimate of drug-likeness (QED) is 0.455. The summed E-state index contributed by atoms with van der Waals surface area (Å²) in [5, 5.41) is 6.75. The number of ether oxygens (including phenoxy) is 1. The number of carbonyl (C=O) groups excluding carboxylic acids is 3. The van der Waals surface area contributed by atoms with Crippen LogP contribution in [-0.4, -0.2) is 36.5 Å². The maximum absolute atomic E-state index is 12.9. The summed E-state index contributed by atoms with van der Waals surface area (Å²) in [6, 6.07) is 12.3. The number of halogens is 1. The molecule has 8 heteroatoms. The predicted octanol–water partition coefficient (Wildman–Crippen LogP) is 3.96. The fourth-order valence-corrected chi connectivity index (χ4v) is 3.63. The van der Waals surface area contributed by atoms with Crippen molar-refractivity contribution in [3.63, 3.8) is 0 Å². The molecule has 0 aliphatic carbocycles. The fourth-order valence-electron chi connectivity index (χ4n) is 3.41. The van der Waals surface area contributed by atoms with Crippen molar-refractivity contribution in [1.82, 2.24) is 5.32 Å². The Labute approximate surface area is 191 Å². The maximum atomic E-state index is 12.9. The van der Waals surface area contributed by atoms with E-state index < -0.39 is 5.92 Å². The van der Waals surface area contributed by atoms with Gasteiger partial charge in [0.15, 0.2) is 5.78 Å². The number of hydrogen-bond donors (Lipinski definition) is 1. The first-order valence-electron chi connectivity index (χ1n) is 10.3. The molecule has 168 valence electrons. The summed E-state index contributed by atoms with van der Waals surface area (Å²) < 4.78 is 5.61. The molecule has 0 saturated heterocycles. The Kier molecular flexibility index (Phi) is 7.64. The molecule has 2 aromatic carbocycles. The Balaban J connectivity index is 1.70. The van der Waals surface area contributed by atoms with Crippen LogP contribution in [0.25, 0.3) is 0 Å². The van der Waals surface area contributed by atoms with Crippen molar-refractivity contribution in [2.45, 2.75) is 39.2 Å². The van der Waals surface area contributed by atoms with E-state index in [0.717, 1.165) is 11.1 Å². The lowest BCUT2D eigenvalue weighted by atomic mass is 9.90. The van der Waals surface area contributed by atoms with E-state index in [2.05, 4.69) is 15.3 Å². The predicted molar refractivity (Wildman–Crippen MR) is 121 cm³/mol. The first kappa shape index (κ1) is 23.5. The number of amides is 1. The fraction of sp³-hybridized carbons (Fsp3) is 0.333. The molecule has 0 radical (unpaired) electrons. The van der Waals surface area contributed by atoms with Crippen LogP contribution in [0.5, 0.6) is 5.75 Å². The molecule has 0 unspecified atom stereocenters. The number of oxime groups is 1. The summed E-state index contributed by atoms with van der Waals surface area (Å²) >= 11 is 6.26. The lowest BCUT2D eigenvalue weighted by molar-refractivity contribution is -0.140. The minimum atomic E-state index is -0.544. The normalized spacial score (nSPS) is 14.0. The van der Waals surface area contributed by atoms with E-state index in [1.165, 1.54) is 0 Å². The number of nitrogens with one attached hydrogen (secondary N) is 1. The van der Waals surface area contributed by atoms with Gasteiger partial charge in [-0.05, 0) is 49.6 Å². The average molecular weight is 457 g/mol. The Bertz CT molecular complexity index is 1050. The minimum absolute atomic E-state index is 0.0353. The third-order valence-corrected chi connectivity index (χ3v) is 5.30. The summed E-state index contributed by atoms with van der Waals surface area (Å²) in [7, 11) is 1.55. The molecule has 1 amide bonds. The summed E-state index contributed by atoms with van der Waals surface area (Å²) in [5.74, 6) is -0.805. The Morgan fingerprint density at radius 2 is 1.91 bits per heavy atom. The first-order valence-corrected chi connectivity index (χ1v) is 10.7. The topological polar surface area (TPSA) is 94.1 Å². The molecule has 1 aliphatic rings. The molecule has 1 heterocycles. The van der Waals surface area contributed by atoms with Gasteiger partial charge >= 0.3 is 5.97 Å². The van der Waals surface area contributed by atoms with Gasteiger partial charge in [0.1, 0.15) is 5.75 Å². The van der Waals surface area contributed by atoms with Gasteiger partial charge in [-0.25, -0.2) is 4.79 Å². The summed E-state index contributed by atoms with van der Waals surface area (Å²) in [6.45, 7) is 3.79. The lowest BCUT2D eigenvalue weighted by Gasteiger charge is -2.16. The molecular weight excluding hydrogens is 432 g/mol. The Hall–Kier alpha value is -3.19. The van der Waals surface area contributed by atoms with Crippen molar-refractivity contribution >= 4 is 35.0 Å². The van der Waals surface area contributed by atoms with Gasteiger partial charge in [-0.2, -0.15) is 0 Å². The van der Waals surface area contributed by atoms with E-state index in [4.69, 9.17) is 16.3 Å². The second kappa shape index (κ2) is 10.4. The molecule has 0 spiro atoms. The zero-order valence-electron chi connectivity index (χ0n) is 18.2. The summed E-state index contributed by atoms with van der Waals surface area (Å²) in [6.07, 6.45) is 0.526. The second-order valence-corrected chi connectivity index (χ2v) is 8.24.